The van der Waals surface area contributed by atoms with E-state index in [-0.39, 0.29) is 12.3 Å². The second-order valence-electron chi connectivity index (χ2n) is 8.38. The molecule has 5 aromatic carbocycles. The zero-order valence-electron chi connectivity index (χ0n) is 18.5. The number of nitrogens with zero attached hydrogens (tertiary/aromatic N) is 1. The van der Waals surface area contributed by atoms with Crippen LogP contribution in [0.2, 0.25) is 0 Å². The molecule has 0 bridgehead atoms. The van der Waals surface area contributed by atoms with E-state index in [1.165, 1.54) is 0 Å². The topological polar surface area (TPSA) is 30.2 Å². The first-order valence-electron chi connectivity index (χ1n) is 11.4. The number of fused-ring (bicyclic) bond motifs is 3. The van der Waals surface area contributed by atoms with E-state index in [0.29, 0.717) is 11.4 Å². The maximum atomic E-state index is 13.1. The van der Waals surface area contributed by atoms with Gasteiger partial charge in [0.05, 0.1) is 5.39 Å². The molecule has 0 aliphatic heterocycles. The Balaban J connectivity index is 1.55. The van der Waals surface area contributed by atoms with Gasteiger partial charge in [0, 0.05) is 22.4 Å². The van der Waals surface area contributed by atoms with E-state index < -0.39 is 0 Å². The molecule has 0 radical (unpaired) electrons. The number of benzene rings is 5. The number of rotatable bonds is 5. The lowest BCUT2D eigenvalue weighted by atomic mass is 10.0. The average Bonchev–Trinajstić information content (AvgIpc) is 2.90. The van der Waals surface area contributed by atoms with Gasteiger partial charge >= 0.3 is 5.88 Å². The molecule has 3 heteroatoms. The van der Waals surface area contributed by atoms with Crippen molar-refractivity contribution in [1.82, 2.24) is 0 Å². The fraction of sp³-hybridized carbons (Fsp3) is 0.0323. The van der Waals surface area contributed by atoms with Crippen molar-refractivity contribution in [3.8, 4) is 11.6 Å². The molecule has 34 heavy (non-hydrogen) atoms. The van der Waals surface area contributed by atoms with Crippen LogP contribution in [-0.4, -0.2) is 5.78 Å². The highest BCUT2D eigenvalue weighted by atomic mass is 16.5. The fourth-order valence-corrected chi connectivity index (χ4v) is 4.52. The Morgan fingerprint density at radius 3 is 1.85 bits per heavy atom. The zero-order valence-corrected chi connectivity index (χ0v) is 18.5. The van der Waals surface area contributed by atoms with Crippen molar-refractivity contribution >= 4 is 38.1 Å². The Labute approximate surface area is 197 Å². The van der Waals surface area contributed by atoms with Gasteiger partial charge < -0.3 is 4.74 Å². The molecule has 0 amide bonds. The van der Waals surface area contributed by atoms with Gasteiger partial charge in [-0.2, -0.15) is 4.57 Å². The molecule has 6 aromatic rings. The van der Waals surface area contributed by atoms with Crippen LogP contribution in [0.25, 0.3) is 32.3 Å². The fourth-order valence-electron chi connectivity index (χ4n) is 4.52. The number of hydrogen-bond donors (Lipinski definition) is 0. The smallest absolute Gasteiger partial charge is 0.381 e. The summed E-state index contributed by atoms with van der Waals surface area (Å²) in [7, 11) is 0. The minimum absolute atomic E-state index is 0.0357. The Bertz CT molecular complexity index is 1620. The van der Waals surface area contributed by atoms with Crippen molar-refractivity contribution in [2.24, 2.45) is 0 Å². The Kier molecular flexibility index (Phi) is 5.00. The van der Waals surface area contributed by atoms with Crippen LogP contribution in [0.5, 0.6) is 11.6 Å². The van der Waals surface area contributed by atoms with E-state index in [1.807, 2.05) is 89.6 Å². The zero-order chi connectivity index (χ0) is 22.9. The van der Waals surface area contributed by atoms with E-state index in [1.54, 1.807) is 0 Å². The van der Waals surface area contributed by atoms with Crippen molar-refractivity contribution in [2.75, 3.05) is 0 Å². The van der Waals surface area contributed by atoms with Crippen molar-refractivity contribution in [3.05, 3.63) is 127 Å². The van der Waals surface area contributed by atoms with Crippen LogP contribution < -0.4 is 9.30 Å². The number of carbonyl (C=O) groups excluding carboxylic acids is 1. The summed E-state index contributed by atoms with van der Waals surface area (Å²) in [4.78, 5) is 13.1. The maximum absolute atomic E-state index is 13.1. The molecular formula is C31H22NO2+. The third-order valence-electron chi connectivity index (χ3n) is 6.22. The van der Waals surface area contributed by atoms with Gasteiger partial charge in [-0.15, -0.1) is 0 Å². The lowest BCUT2D eigenvalue weighted by Gasteiger charge is -2.13. The van der Waals surface area contributed by atoms with Crippen molar-refractivity contribution in [1.29, 1.82) is 0 Å². The first-order chi connectivity index (χ1) is 16.8. The molecule has 0 aliphatic rings. The van der Waals surface area contributed by atoms with Crippen LogP contribution in [0.4, 0.5) is 0 Å². The summed E-state index contributed by atoms with van der Waals surface area (Å²) in [5, 5.41) is 6.32. The van der Waals surface area contributed by atoms with Gasteiger partial charge in [-0.3, -0.25) is 4.79 Å². The minimum atomic E-state index is 0.0357. The van der Waals surface area contributed by atoms with Crippen LogP contribution in [0.3, 0.4) is 0 Å². The average molecular weight is 441 g/mol. The largest absolute Gasteiger partial charge is 0.403 e. The predicted octanol–water partition coefficient (Wildman–Crippen LogP) is 7.11. The maximum Gasteiger partial charge on any atom is 0.381 e. The molecule has 0 fully saturated rings. The van der Waals surface area contributed by atoms with Gasteiger partial charge in [-0.05, 0) is 28.3 Å². The number of ether oxygens (including phenoxy) is 1. The monoisotopic (exact) mass is 440 g/mol. The predicted molar refractivity (Wildman–Crippen MR) is 136 cm³/mol. The summed E-state index contributed by atoms with van der Waals surface area (Å²) >= 11 is 0. The Morgan fingerprint density at radius 2 is 1.18 bits per heavy atom. The number of carbonyl (C=O) groups is 1. The van der Waals surface area contributed by atoms with E-state index >= 15 is 0 Å². The van der Waals surface area contributed by atoms with Gasteiger partial charge in [-0.1, -0.05) is 97.1 Å². The molecule has 3 nitrogen and oxygen atoms in total. The molecule has 0 saturated carbocycles. The lowest BCUT2D eigenvalue weighted by Crippen LogP contribution is -2.39. The highest BCUT2D eigenvalue weighted by Crippen LogP contribution is 2.38. The summed E-state index contributed by atoms with van der Waals surface area (Å²) in [6.07, 6.45) is 1.94. The molecule has 0 unspecified atom stereocenters. The van der Waals surface area contributed by atoms with Gasteiger partial charge in [0.15, 0.2) is 6.20 Å². The third-order valence-corrected chi connectivity index (χ3v) is 6.22. The number of hydrogen-bond acceptors (Lipinski definition) is 2. The quantitative estimate of drug-likeness (QED) is 0.162. The normalized spacial score (nSPS) is 11.2. The molecule has 0 aliphatic carbocycles. The van der Waals surface area contributed by atoms with Crippen LogP contribution in [0.15, 0.2) is 121 Å². The standard InChI is InChI=1S/C31H22NO2/c33-29(23-11-2-1-3-12-23)21-32-19-18-22-10-4-9-17-28(22)31(32)34-30-26-15-7-5-13-24(26)20-25-14-6-8-16-27(25)30/h1-20H,21H2/q+1. The summed E-state index contributed by atoms with van der Waals surface area (Å²) in [5.74, 6) is 1.49. The summed E-state index contributed by atoms with van der Waals surface area (Å²) in [5.41, 5.74) is 0.685. The van der Waals surface area contributed by atoms with Gasteiger partial charge in [-0.25, -0.2) is 0 Å². The Morgan fingerprint density at radius 1 is 0.618 bits per heavy atom. The second kappa shape index (κ2) is 8.45. The van der Waals surface area contributed by atoms with Crippen LogP contribution >= 0.6 is 0 Å². The first kappa shape index (κ1) is 20.1. The number of aromatic nitrogens is 1. The molecule has 0 spiro atoms. The molecule has 0 atom stereocenters. The molecule has 6 rings (SSSR count). The SMILES string of the molecule is O=C(C[n+]1ccc2ccccc2c1Oc1c2ccccc2cc2ccccc12)c1ccccc1. The first-order valence-corrected chi connectivity index (χ1v) is 11.4. The summed E-state index contributed by atoms with van der Waals surface area (Å²) < 4.78 is 8.71. The summed E-state index contributed by atoms with van der Waals surface area (Å²) in [6, 6.07) is 38.2. The van der Waals surface area contributed by atoms with Crippen molar-refractivity contribution in [2.45, 2.75) is 6.54 Å². The third kappa shape index (κ3) is 3.57. The van der Waals surface area contributed by atoms with Crippen LogP contribution in [0.1, 0.15) is 10.4 Å². The number of ketones is 1. The molecule has 0 N–H and O–H groups in total. The van der Waals surface area contributed by atoms with Gasteiger partial charge in [0.25, 0.3) is 0 Å². The molecule has 0 saturated heterocycles. The van der Waals surface area contributed by atoms with Crippen molar-refractivity contribution < 1.29 is 14.1 Å². The number of Topliss-reactive ketones (excluding diaryl/α,β-unsaturated/α-hetero) is 1. The molecule has 162 valence electrons. The molecule has 1 heterocycles. The molecular weight excluding hydrogens is 418 g/mol. The number of pyridine rings is 1. The van der Waals surface area contributed by atoms with E-state index in [0.717, 1.165) is 38.1 Å². The minimum Gasteiger partial charge on any atom is -0.403 e. The highest BCUT2D eigenvalue weighted by Gasteiger charge is 2.23. The summed E-state index contributed by atoms with van der Waals surface area (Å²) in [6.45, 7) is 0.187. The van der Waals surface area contributed by atoms with Gasteiger partial charge in [0.1, 0.15) is 5.75 Å². The van der Waals surface area contributed by atoms with Gasteiger partial charge in [0.2, 0.25) is 12.3 Å². The van der Waals surface area contributed by atoms with Crippen LogP contribution in [-0.2, 0) is 6.54 Å². The van der Waals surface area contributed by atoms with E-state index in [9.17, 15) is 4.79 Å². The van der Waals surface area contributed by atoms with Crippen LogP contribution in [0, 0.1) is 0 Å². The lowest BCUT2D eigenvalue weighted by molar-refractivity contribution is -0.685. The second-order valence-corrected chi connectivity index (χ2v) is 8.38. The Hall–Kier alpha value is -4.50. The van der Waals surface area contributed by atoms with E-state index in [2.05, 4.69) is 36.4 Å². The highest BCUT2D eigenvalue weighted by molar-refractivity contribution is 6.05. The molecule has 1 aromatic heterocycles. The van der Waals surface area contributed by atoms with E-state index in [4.69, 9.17) is 4.74 Å². The van der Waals surface area contributed by atoms with Crippen molar-refractivity contribution in [3.63, 3.8) is 0 Å².